The van der Waals surface area contributed by atoms with E-state index < -0.39 is 6.09 Å². The van der Waals surface area contributed by atoms with E-state index in [2.05, 4.69) is 27.1 Å². The molecule has 1 fully saturated rings. The summed E-state index contributed by atoms with van der Waals surface area (Å²) in [7, 11) is 2.11. The number of likely N-dealkylation sites (N-methyl/N-ethyl adjacent to an activating group) is 1. The van der Waals surface area contributed by atoms with Gasteiger partial charge < -0.3 is 14.9 Å². The van der Waals surface area contributed by atoms with Gasteiger partial charge in [-0.1, -0.05) is 24.3 Å². The molecule has 0 unspecified atom stereocenters. The molecule has 1 aromatic heterocycles. The Kier molecular flexibility index (Phi) is 4.66. The van der Waals surface area contributed by atoms with Crippen molar-refractivity contribution >= 4 is 17.6 Å². The normalized spacial score (nSPS) is 15.3. The molecule has 126 valence electrons. The summed E-state index contributed by atoms with van der Waals surface area (Å²) in [5.74, 6) is 0.886. The van der Waals surface area contributed by atoms with Gasteiger partial charge in [-0.3, -0.25) is 5.32 Å². The number of hydrogen-bond donors (Lipinski definition) is 2. The molecule has 1 aliphatic heterocycles. The largest absolute Gasteiger partial charge is 0.465 e. The maximum atomic E-state index is 11.1. The number of carbonyl (C=O) groups is 1. The highest BCUT2D eigenvalue weighted by molar-refractivity contribution is 5.91. The van der Waals surface area contributed by atoms with Crippen LogP contribution in [0.2, 0.25) is 0 Å². The van der Waals surface area contributed by atoms with Crippen LogP contribution in [0.3, 0.4) is 0 Å². The van der Waals surface area contributed by atoms with E-state index in [1.54, 1.807) is 6.20 Å². The minimum absolute atomic E-state index is 0.509. The number of nitrogens with zero attached hydrogens (tertiary/aromatic N) is 3. The first kappa shape index (κ1) is 16.3. The van der Waals surface area contributed by atoms with Crippen LogP contribution in [0, 0.1) is 6.92 Å². The van der Waals surface area contributed by atoms with Crippen molar-refractivity contribution in [2.75, 3.05) is 43.4 Å². The van der Waals surface area contributed by atoms with Crippen LogP contribution < -0.4 is 10.2 Å². The second kappa shape index (κ2) is 6.88. The number of hydrogen-bond acceptors (Lipinski definition) is 4. The molecule has 0 atom stereocenters. The Hall–Kier alpha value is -2.60. The van der Waals surface area contributed by atoms with Crippen molar-refractivity contribution in [3.05, 3.63) is 42.1 Å². The number of carboxylic acid groups (broad SMARTS) is 1. The third-order valence-corrected chi connectivity index (χ3v) is 4.39. The summed E-state index contributed by atoms with van der Waals surface area (Å²) in [6.45, 7) is 5.85. The van der Waals surface area contributed by atoms with Gasteiger partial charge in [0, 0.05) is 31.7 Å². The number of amides is 1. The first-order valence-corrected chi connectivity index (χ1v) is 8.04. The van der Waals surface area contributed by atoms with Crippen LogP contribution in [-0.2, 0) is 0 Å². The standard InChI is InChI=1S/C18H22N4O2/c1-13-5-3-4-6-14(13)15-11-17(19-12-16(15)20-18(23)24)22-9-7-21(2)8-10-22/h3-6,11-12,20H,7-10H2,1-2H3,(H,23,24). The lowest BCUT2D eigenvalue weighted by atomic mass is 10.00. The molecule has 1 aromatic carbocycles. The third-order valence-electron chi connectivity index (χ3n) is 4.39. The molecule has 0 spiro atoms. The van der Waals surface area contributed by atoms with E-state index in [9.17, 15) is 4.79 Å². The molecule has 0 radical (unpaired) electrons. The molecule has 3 rings (SSSR count). The molecule has 6 nitrogen and oxygen atoms in total. The smallest absolute Gasteiger partial charge is 0.409 e. The minimum Gasteiger partial charge on any atom is -0.465 e. The van der Waals surface area contributed by atoms with E-state index in [4.69, 9.17) is 5.11 Å². The molecule has 1 aliphatic rings. The summed E-state index contributed by atoms with van der Waals surface area (Å²) < 4.78 is 0. The minimum atomic E-state index is -1.08. The van der Waals surface area contributed by atoms with E-state index >= 15 is 0 Å². The van der Waals surface area contributed by atoms with Gasteiger partial charge in [0.15, 0.2) is 0 Å². The van der Waals surface area contributed by atoms with Crippen molar-refractivity contribution in [1.82, 2.24) is 9.88 Å². The number of aromatic nitrogens is 1. The van der Waals surface area contributed by atoms with Crippen molar-refractivity contribution in [2.24, 2.45) is 0 Å². The average molecular weight is 326 g/mol. The first-order valence-electron chi connectivity index (χ1n) is 8.04. The lowest BCUT2D eigenvalue weighted by Crippen LogP contribution is -2.44. The van der Waals surface area contributed by atoms with Gasteiger partial charge in [-0.25, -0.2) is 9.78 Å². The highest BCUT2D eigenvalue weighted by atomic mass is 16.4. The predicted molar refractivity (Wildman–Crippen MR) is 95.8 cm³/mol. The van der Waals surface area contributed by atoms with Gasteiger partial charge in [0.05, 0.1) is 11.9 Å². The summed E-state index contributed by atoms with van der Waals surface area (Å²) in [6.07, 6.45) is 0.530. The molecule has 6 heteroatoms. The maximum Gasteiger partial charge on any atom is 0.409 e. The fourth-order valence-electron chi connectivity index (χ4n) is 2.97. The molecule has 1 saturated heterocycles. The molecular weight excluding hydrogens is 304 g/mol. The number of nitrogens with one attached hydrogen (secondary N) is 1. The monoisotopic (exact) mass is 326 g/mol. The summed E-state index contributed by atoms with van der Waals surface area (Å²) >= 11 is 0. The van der Waals surface area contributed by atoms with E-state index in [0.717, 1.165) is 48.7 Å². The molecule has 2 heterocycles. The van der Waals surface area contributed by atoms with E-state index in [0.29, 0.717) is 5.69 Å². The number of pyridine rings is 1. The highest BCUT2D eigenvalue weighted by Gasteiger charge is 2.18. The van der Waals surface area contributed by atoms with Crippen LogP contribution in [-0.4, -0.2) is 54.3 Å². The lowest BCUT2D eigenvalue weighted by molar-refractivity contribution is 0.209. The SMILES string of the molecule is Cc1ccccc1-c1cc(N2CCN(C)CC2)ncc1NC(=O)O. The summed E-state index contributed by atoms with van der Waals surface area (Å²) in [5, 5.41) is 11.6. The molecule has 1 amide bonds. The molecular formula is C18H22N4O2. The Labute approximate surface area is 141 Å². The van der Waals surface area contributed by atoms with Crippen molar-refractivity contribution in [3.8, 4) is 11.1 Å². The highest BCUT2D eigenvalue weighted by Crippen LogP contribution is 2.33. The van der Waals surface area contributed by atoms with Crippen molar-refractivity contribution in [2.45, 2.75) is 6.92 Å². The average Bonchev–Trinajstić information content (AvgIpc) is 2.56. The molecule has 2 N–H and O–H groups in total. The zero-order valence-electron chi connectivity index (χ0n) is 14.0. The summed E-state index contributed by atoms with van der Waals surface area (Å²) in [4.78, 5) is 20.1. The zero-order valence-corrected chi connectivity index (χ0v) is 14.0. The number of aryl methyl sites for hydroxylation is 1. The second-order valence-electron chi connectivity index (χ2n) is 6.12. The number of piperazine rings is 1. The van der Waals surface area contributed by atoms with Gasteiger partial charge in [0.25, 0.3) is 0 Å². The third kappa shape index (κ3) is 3.49. The van der Waals surface area contributed by atoms with Crippen LogP contribution >= 0.6 is 0 Å². The molecule has 2 aromatic rings. The van der Waals surface area contributed by atoms with E-state index in [-0.39, 0.29) is 0 Å². The molecule has 0 saturated carbocycles. The van der Waals surface area contributed by atoms with Crippen LogP contribution in [0.4, 0.5) is 16.3 Å². The molecule has 24 heavy (non-hydrogen) atoms. The zero-order chi connectivity index (χ0) is 17.1. The fourth-order valence-corrected chi connectivity index (χ4v) is 2.97. The Morgan fingerprint density at radius 2 is 1.88 bits per heavy atom. The summed E-state index contributed by atoms with van der Waals surface area (Å²) in [6, 6.07) is 9.95. The van der Waals surface area contributed by atoms with Crippen molar-refractivity contribution in [3.63, 3.8) is 0 Å². The molecule has 0 aliphatic carbocycles. The fraction of sp³-hybridized carbons (Fsp3) is 0.333. The summed E-state index contributed by atoms with van der Waals surface area (Å²) in [5.41, 5.74) is 3.48. The second-order valence-corrected chi connectivity index (χ2v) is 6.12. The Morgan fingerprint density at radius 3 is 2.54 bits per heavy atom. The number of rotatable bonds is 3. The number of benzene rings is 1. The Balaban J connectivity index is 2.01. The van der Waals surface area contributed by atoms with Gasteiger partial charge in [0.2, 0.25) is 0 Å². The van der Waals surface area contributed by atoms with Gasteiger partial charge in [-0.2, -0.15) is 0 Å². The molecule has 0 bridgehead atoms. The van der Waals surface area contributed by atoms with E-state index in [1.165, 1.54) is 0 Å². The van der Waals surface area contributed by atoms with Gasteiger partial charge in [-0.05, 0) is 31.2 Å². The quantitative estimate of drug-likeness (QED) is 0.908. The van der Waals surface area contributed by atoms with Crippen molar-refractivity contribution in [1.29, 1.82) is 0 Å². The van der Waals surface area contributed by atoms with Crippen LogP contribution in [0.25, 0.3) is 11.1 Å². The van der Waals surface area contributed by atoms with E-state index in [1.807, 2.05) is 37.3 Å². The number of anilines is 2. The van der Waals surface area contributed by atoms with Gasteiger partial charge in [0.1, 0.15) is 5.82 Å². The van der Waals surface area contributed by atoms with Crippen LogP contribution in [0.1, 0.15) is 5.56 Å². The first-order chi connectivity index (χ1) is 11.5. The predicted octanol–water partition coefficient (Wildman–Crippen LogP) is 2.90. The van der Waals surface area contributed by atoms with Crippen LogP contribution in [0.15, 0.2) is 36.5 Å². The Bertz CT molecular complexity index is 740. The lowest BCUT2D eigenvalue weighted by Gasteiger charge is -2.33. The van der Waals surface area contributed by atoms with Gasteiger partial charge in [-0.15, -0.1) is 0 Å². The van der Waals surface area contributed by atoms with Gasteiger partial charge >= 0.3 is 6.09 Å². The topological polar surface area (TPSA) is 68.7 Å². The van der Waals surface area contributed by atoms with Crippen LogP contribution in [0.5, 0.6) is 0 Å². The van der Waals surface area contributed by atoms with Crippen molar-refractivity contribution < 1.29 is 9.90 Å². The maximum absolute atomic E-state index is 11.1. The Morgan fingerprint density at radius 1 is 1.17 bits per heavy atom.